The van der Waals surface area contributed by atoms with Gasteiger partial charge >= 0.3 is 0 Å². The van der Waals surface area contributed by atoms with E-state index in [1.165, 1.54) is 24.3 Å². The number of rotatable bonds is 3. The van der Waals surface area contributed by atoms with Crippen LogP contribution in [-0.2, 0) is 0 Å². The Morgan fingerprint density at radius 2 is 2.08 bits per heavy atom. The lowest BCUT2D eigenvalue weighted by molar-refractivity contribution is 0.100. The quantitative estimate of drug-likeness (QED) is 0.304. The molecule has 5 heteroatoms. The normalized spacial score (nSPS) is 9.00. The largest absolute Gasteiger partial charge is 0.294 e. The van der Waals surface area contributed by atoms with Gasteiger partial charge in [-0.25, -0.2) is 4.39 Å². The zero-order valence-electron chi connectivity index (χ0n) is 6.64. The predicted octanol–water partition coefficient (Wildman–Crippen LogP) is 2.32. The standard InChI is InChI=1S/C8H6FN3O/c9-7-3-1-6(2-4-7)8(13)5-11-12-10/h1-4H,5H2. The molecule has 0 unspecified atom stereocenters. The lowest BCUT2D eigenvalue weighted by atomic mass is 10.1. The van der Waals surface area contributed by atoms with E-state index in [-0.39, 0.29) is 12.3 Å². The van der Waals surface area contributed by atoms with Gasteiger partial charge in [-0.1, -0.05) is 5.11 Å². The van der Waals surface area contributed by atoms with Gasteiger partial charge in [-0.2, -0.15) is 0 Å². The lowest BCUT2D eigenvalue weighted by Gasteiger charge is -1.95. The molecule has 13 heavy (non-hydrogen) atoms. The molecule has 0 saturated carbocycles. The average Bonchev–Trinajstić information content (AvgIpc) is 2.15. The molecule has 0 fully saturated rings. The molecule has 0 radical (unpaired) electrons. The van der Waals surface area contributed by atoms with E-state index in [4.69, 9.17) is 5.53 Å². The van der Waals surface area contributed by atoms with Crippen LogP contribution < -0.4 is 0 Å². The van der Waals surface area contributed by atoms with Gasteiger partial charge in [0, 0.05) is 10.5 Å². The topological polar surface area (TPSA) is 65.8 Å². The molecule has 0 aromatic heterocycles. The maximum absolute atomic E-state index is 12.4. The molecular weight excluding hydrogens is 173 g/mol. The summed E-state index contributed by atoms with van der Waals surface area (Å²) in [6.07, 6.45) is 0. The second-order valence-corrected chi connectivity index (χ2v) is 2.32. The number of hydrogen-bond acceptors (Lipinski definition) is 2. The minimum absolute atomic E-state index is 0.234. The van der Waals surface area contributed by atoms with Crippen LogP contribution in [0, 0.1) is 5.82 Å². The highest BCUT2D eigenvalue weighted by Crippen LogP contribution is 2.03. The summed E-state index contributed by atoms with van der Waals surface area (Å²) >= 11 is 0. The van der Waals surface area contributed by atoms with Crippen molar-refractivity contribution in [2.75, 3.05) is 6.54 Å². The van der Waals surface area contributed by atoms with Crippen molar-refractivity contribution >= 4 is 5.78 Å². The van der Waals surface area contributed by atoms with E-state index in [2.05, 4.69) is 10.0 Å². The van der Waals surface area contributed by atoms with Gasteiger partial charge in [0.25, 0.3) is 0 Å². The van der Waals surface area contributed by atoms with E-state index in [0.29, 0.717) is 5.56 Å². The highest BCUT2D eigenvalue weighted by atomic mass is 19.1. The summed E-state index contributed by atoms with van der Waals surface area (Å²) in [5.74, 6) is -0.724. The van der Waals surface area contributed by atoms with Crippen molar-refractivity contribution in [2.45, 2.75) is 0 Å². The summed E-state index contributed by atoms with van der Waals surface area (Å²) in [6.45, 7) is -0.234. The van der Waals surface area contributed by atoms with E-state index in [0.717, 1.165) is 0 Å². The third kappa shape index (κ3) is 2.57. The smallest absolute Gasteiger partial charge is 0.168 e. The predicted molar refractivity (Wildman–Crippen MR) is 44.7 cm³/mol. The van der Waals surface area contributed by atoms with Crippen LogP contribution in [0.5, 0.6) is 0 Å². The maximum atomic E-state index is 12.4. The SMILES string of the molecule is [N-]=[N+]=NCC(=O)c1ccc(F)cc1. The fourth-order valence-corrected chi connectivity index (χ4v) is 0.823. The summed E-state index contributed by atoms with van der Waals surface area (Å²) in [4.78, 5) is 13.6. The van der Waals surface area contributed by atoms with Gasteiger partial charge in [0.05, 0.1) is 6.54 Å². The molecule has 0 heterocycles. The summed E-state index contributed by atoms with van der Waals surface area (Å²) in [7, 11) is 0. The Morgan fingerprint density at radius 1 is 1.46 bits per heavy atom. The molecule has 0 aliphatic heterocycles. The van der Waals surface area contributed by atoms with Crippen LogP contribution in [-0.4, -0.2) is 12.3 Å². The van der Waals surface area contributed by atoms with Crippen LogP contribution in [0.1, 0.15) is 10.4 Å². The highest BCUT2D eigenvalue weighted by Gasteiger charge is 2.03. The van der Waals surface area contributed by atoms with Gasteiger partial charge in [0.2, 0.25) is 0 Å². The van der Waals surface area contributed by atoms with E-state index in [1.54, 1.807) is 0 Å². The van der Waals surface area contributed by atoms with Crippen molar-refractivity contribution in [1.82, 2.24) is 0 Å². The molecule has 0 aliphatic carbocycles. The Morgan fingerprint density at radius 3 is 2.62 bits per heavy atom. The summed E-state index contributed by atoms with van der Waals surface area (Å²) in [5.41, 5.74) is 8.29. The number of ketones is 1. The second kappa shape index (κ2) is 4.23. The van der Waals surface area contributed by atoms with Crippen LogP contribution in [0.25, 0.3) is 10.4 Å². The van der Waals surface area contributed by atoms with Crippen molar-refractivity contribution in [3.63, 3.8) is 0 Å². The first-order valence-corrected chi connectivity index (χ1v) is 3.53. The van der Waals surface area contributed by atoms with Gasteiger partial charge in [-0.3, -0.25) is 4.79 Å². The average molecular weight is 179 g/mol. The Kier molecular flexibility index (Phi) is 3.00. The third-order valence-corrected chi connectivity index (χ3v) is 1.44. The Hall–Kier alpha value is -1.87. The van der Waals surface area contributed by atoms with Crippen molar-refractivity contribution in [1.29, 1.82) is 0 Å². The Labute approximate surface area is 73.6 Å². The monoisotopic (exact) mass is 179 g/mol. The number of hydrogen-bond donors (Lipinski definition) is 0. The summed E-state index contributed by atoms with van der Waals surface area (Å²) in [5, 5.41) is 3.11. The number of nitrogens with zero attached hydrogens (tertiary/aromatic N) is 3. The molecule has 1 aromatic rings. The van der Waals surface area contributed by atoms with Gasteiger partial charge in [-0.15, -0.1) is 0 Å². The summed E-state index contributed by atoms with van der Waals surface area (Å²) < 4.78 is 12.4. The number of carbonyl (C=O) groups excluding carboxylic acids is 1. The first-order chi connectivity index (χ1) is 6.24. The highest BCUT2D eigenvalue weighted by molar-refractivity contribution is 5.97. The number of benzene rings is 1. The molecule has 1 aromatic carbocycles. The molecule has 0 amide bonds. The van der Waals surface area contributed by atoms with Crippen LogP contribution in [0.2, 0.25) is 0 Å². The number of carbonyl (C=O) groups is 1. The van der Waals surface area contributed by atoms with Gasteiger partial charge < -0.3 is 0 Å². The fraction of sp³-hybridized carbons (Fsp3) is 0.125. The van der Waals surface area contributed by atoms with Gasteiger partial charge in [0.1, 0.15) is 5.82 Å². The second-order valence-electron chi connectivity index (χ2n) is 2.32. The lowest BCUT2D eigenvalue weighted by Crippen LogP contribution is -2.02. The molecule has 66 valence electrons. The Bertz CT molecular complexity index is 354. The minimum Gasteiger partial charge on any atom is -0.294 e. The first kappa shape index (κ1) is 9.22. The third-order valence-electron chi connectivity index (χ3n) is 1.44. The number of Topliss-reactive ketones (excluding diaryl/α,β-unsaturated/α-hetero) is 1. The van der Waals surface area contributed by atoms with Crippen LogP contribution in [0.15, 0.2) is 29.4 Å². The zero-order chi connectivity index (χ0) is 9.68. The van der Waals surface area contributed by atoms with Crippen LogP contribution in [0.3, 0.4) is 0 Å². The van der Waals surface area contributed by atoms with Crippen molar-refractivity contribution < 1.29 is 9.18 Å². The zero-order valence-corrected chi connectivity index (χ0v) is 6.64. The van der Waals surface area contributed by atoms with Gasteiger partial charge in [0.15, 0.2) is 5.78 Å². The van der Waals surface area contributed by atoms with Crippen LogP contribution in [0.4, 0.5) is 4.39 Å². The van der Waals surface area contributed by atoms with E-state index in [9.17, 15) is 9.18 Å². The molecule has 1 rings (SSSR count). The number of azide groups is 1. The van der Waals surface area contributed by atoms with Gasteiger partial charge in [-0.05, 0) is 29.8 Å². The van der Waals surface area contributed by atoms with Crippen molar-refractivity contribution in [3.8, 4) is 0 Å². The minimum atomic E-state index is -0.402. The fourth-order valence-electron chi connectivity index (χ4n) is 0.823. The van der Waals surface area contributed by atoms with Crippen molar-refractivity contribution in [2.24, 2.45) is 5.11 Å². The summed E-state index contributed by atoms with van der Waals surface area (Å²) in [6, 6.07) is 5.07. The Balaban J connectivity index is 2.77. The van der Waals surface area contributed by atoms with E-state index in [1.807, 2.05) is 0 Å². The number of halogens is 1. The van der Waals surface area contributed by atoms with E-state index >= 15 is 0 Å². The molecule has 0 spiro atoms. The molecule has 0 N–H and O–H groups in total. The molecule has 0 atom stereocenters. The van der Waals surface area contributed by atoms with E-state index < -0.39 is 5.82 Å². The maximum Gasteiger partial charge on any atom is 0.168 e. The molecule has 0 saturated heterocycles. The molecule has 4 nitrogen and oxygen atoms in total. The molecule has 0 aliphatic rings. The van der Waals surface area contributed by atoms with Crippen molar-refractivity contribution in [3.05, 3.63) is 46.1 Å². The van der Waals surface area contributed by atoms with Crippen LogP contribution >= 0.6 is 0 Å². The molecular formula is C8H6FN3O. The molecule has 0 bridgehead atoms. The first-order valence-electron chi connectivity index (χ1n) is 3.53.